The maximum atomic E-state index is 12.7. The van der Waals surface area contributed by atoms with Crippen LogP contribution in [-0.2, 0) is 4.79 Å². The van der Waals surface area contributed by atoms with Crippen molar-refractivity contribution in [1.82, 2.24) is 5.32 Å². The van der Waals surface area contributed by atoms with Crippen LogP contribution in [0.4, 0.5) is 0 Å². The highest BCUT2D eigenvalue weighted by molar-refractivity contribution is 5.98. The first-order chi connectivity index (χ1) is 12.5. The largest absolute Gasteiger partial charge is 0.493 e. The molecule has 0 saturated heterocycles. The molecule has 0 aromatic heterocycles. The molecule has 2 rings (SSSR count). The lowest BCUT2D eigenvalue weighted by Gasteiger charge is -2.17. The molecule has 0 fully saturated rings. The third-order valence-electron chi connectivity index (χ3n) is 3.81. The number of carbonyl (C=O) groups excluding carboxylic acids is 2. The molecule has 0 bridgehead atoms. The number of hydrogen-bond donors (Lipinski definition) is 2. The number of amides is 2. The molecule has 0 heterocycles. The standard InChI is InChI=1S/C20H22N2O4/c1-4-8-14-11-15(12-16(25-2)18(14)26-3)20(24)22-17(19(21)23)13-9-6-5-7-10-13/h4-12,17H,1-3H3,(H2,21,23)(H,22,24)/b8-4+. The van der Waals surface area contributed by atoms with Gasteiger partial charge in [0.2, 0.25) is 5.91 Å². The van der Waals surface area contributed by atoms with Gasteiger partial charge in [0.25, 0.3) is 5.91 Å². The highest BCUT2D eigenvalue weighted by Gasteiger charge is 2.22. The predicted octanol–water partition coefficient (Wildman–Crippen LogP) is 2.69. The Morgan fingerprint density at radius 1 is 1.12 bits per heavy atom. The van der Waals surface area contributed by atoms with Gasteiger partial charge in [-0.25, -0.2) is 0 Å². The minimum absolute atomic E-state index is 0.331. The fraction of sp³-hybridized carbons (Fsp3) is 0.200. The van der Waals surface area contributed by atoms with Gasteiger partial charge < -0.3 is 20.5 Å². The highest BCUT2D eigenvalue weighted by atomic mass is 16.5. The Bertz CT molecular complexity index is 816. The molecule has 0 aliphatic carbocycles. The number of carbonyl (C=O) groups is 2. The van der Waals surface area contributed by atoms with Crippen molar-refractivity contribution in [3.05, 3.63) is 65.2 Å². The molecule has 0 aliphatic heterocycles. The molecule has 1 unspecified atom stereocenters. The molecule has 2 aromatic rings. The number of methoxy groups -OCH3 is 2. The van der Waals surface area contributed by atoms with E-state index < -0.39 is 17.9 Å². The van der Waals surface area contributed by atoms with E-state index >= 15 is 0 Å². The Labute approximate surface area is 152 Å². The smallest absolute Gasteiger partial charge is 0.252 e. The summed E-state index contributed by atoms with van der Waals surface area (Å²) in [5.41, 5.74) is 7.10. The van der Waals surface area contributed by atoms with Crippen LogP contribution in [0.5, 0.6) is 11.5 Å². The number of hydrogen-bond acceptors (Lipinski definition) is 4. The summed E-state index contributed by atoms with van der Waals surface area (Å²) in [5, 5.41) is 2.67. The molecule has 2 aromatic carbocycles. The first-order valence-electron chi connectivity index (χ1n) is 8.05. The van der Waals surface area contributed by atoms with Gasteiger partial charge in [0.05, 0.1) is 14.2 Å². The Morgan fingerprint density at radius 2 is 1.81 bits per heavy atom. The zero-order valence-corrected chi connectivity index (χ0v) is 15.0. The summed E-state index contributed by atoms with van der Waals surface area (Å²) in [5.74, 6) is -0.136. The minimum Gasteiger partial charge on any atom is -0.493 e. The lowest BCUT2D eigenvalue weighted by molar-refractivity contribution is -0.120. The Kier molecular flexibility index (Phi) is 6.38. The monoisotopic (exact) mass is 354 g/mol. The van der Waals surface area contributed by atoms with E-state index in [4.69, 9.17) is 15.2 Å². The van der Waals surface area contributed by atoms with E-state index in [9.17, 15) is 9.59 Å². The Hall–Kier alpha value is -3.28. The van der Waals surface area contributed by atoms with E-state index in [1.54, 1.807) is 42.5 Å². The molecule has 0 spiro atoms. The number of benzene rings is 2. The molecule has 6 heteroatoms. The van der Waals surface area contributed by atoms with E-state index in [0.29, 0.717) is 28.2 Å². The van der Waals surface area contributed by atoms with Crippen molar-refractivity contribution in [2.45, 2.75) is 13.0 Å². The number of rotatable bonds is 7. The molecule has 3 N–H and O–H groups in total. The van der Waals surface area contributed by atoms with E-state index in [0.717, 1.165) is 0 Å². The van der Waals surface area contributed by atoms with E-state index in [1.807, 2.05) is 19.1 Å². The van der Waals surface area contributed by atoms with E-state index in [1.165, 1.54) is 14.2 Å². The van der Waals surface area contributed by atoms with Crippen molar-refractivity contribution in [1.29, 1.82) is 0 Å². The van der Waals surface area contributed by atoms with Crippen molar-refractivity contribution in [2.24, 2.45) is 5.73 Å². The molecule has 0 radical (unpaired) electrons. The number of nitrogens with one attached hydrogen (secondary N) is 1. The normalized spacial score (nSPS) is 11.8. The summed E-state index contributed by atoms with van der Waals surface area (Å²) in [7, 11) is 3.03. The van der Waals surface area contributed by atoms with Crippen molar-refractivity contribution in [3.8, 4) is 11.5 Å². The zero-order valence-electron chi connectivity index (χ0n) is 15.0. The summed E-state index contributed by atoms with van der Waals surface area (Å²) in [6, 6.07) is 11.1. The molecule has 0 aliphatic rings. The first kappa shape index (κ1) is 19.1. The second kappa shape index (κ2) is 8.71. The van der Waals surface area contributed by atoms with Gasteiger partial charge in [0, 0.05) is 11.1 Å². The molecule has 1 atom stereocenters. The Balaban J connectivity index is 2.39. The zero-order chi connectivity index (χ0) is 19.1. The lowest BCUT2D eigenvalue weighted by atomic mass is 10.0. The number of allylic oxidation sites excluding steroid dienone is 1. The van der Waals surface area contributed by atoms with Crippen LogP contribution in [0.25, 0.3) is 6.08 Å². The average Bonchev–Trinajstić information content (AvgIpc) is 2.65. The third kappa shape index (κ3) is 4.22. The lowest BCUT2D eigenvalue weighted by Crippen LogP contribution is -2.37. The van der Waals surface area contributed by atoms with Crippen molar-refractivity contribution in [2.75, 3.05) is 14.2 Å². The van der Waals surface area contributed by atoms with E-state index in [2.05, 4.69) is 5.32 Å². The van der Waals surface area contributed by atoms with Gasteiger partial charge in [0.1, 0.15) is 6.04 Å². The topological polar surface area (TPSA) is 90.7 Å². The number of primary amides is 1. The van der Waals surface area contributed by atoms with Crippen LogP contribution in [0.3, 0.4) is 0 Å². The third-order valence-corrected chi connectivity index (χ3v) is 3.81. The quantitative estimate of drug-likeness (QED) is 0.800. The molecular formula is C20H22N2O4. The van der Waals surface area contributed by atoms with Gasteiger partial charge in [-0.05, 0) is 24.6 Å². The summed E-state index contributed by atoms with van der Waals surface area (Å²) in [6.45, 7) is 1.86. The van der Waals surface area contributed by atoms with Gasteiger partial charge in [-0.3, -0.25) is 9.59 Å². The van der Waals surface area contributed by atoms with Crippen LogP contribution in [0.2, 0.25) is 0 Å². The maximum Gasteiger partial charge on any atom is 0.252 e. The van der Waals surface area contributed by atoms with Crippen LogP contribution >= 0.6 is 0 Å². The summed E-state index contributed by atoms with van der Waals surface area (Å²) >= 11 is 0. The second-order valence-electron chi connectivity index (χ2n) is 5.52. The van der Waals surface area contributed by atoms with E-state index in [-0.39, 0.29) is 0 Å². The Morgan fingerprint density at radius 3 is 2.35 bits per heavy atom. The summed E-state index contributed by atoms with van der Waals surface area (Å²) in [6.07, 6.45) is 3.63. The van der Waals surface area contributed by atoms with Crippen molar-refractivity contribution < 1.29 is 19.1 Å². The maximum absolute atomic E-state index is 12.7. The van der Waals surface area contributed by atoms with Gasteiger partial charge >= 0.3 is 0 Å². The minimum atomic E-state index is -0.929. The van der Waals surface area contributed by atoms with Crippen molar-refractivity contribution >= 4 is 17.9 Å². The molecule has 2 amide bonds. The summed E-state index contributed by atoms with van der Waals surface area (Å²) < 4.78 is 10.7. The molecular weight excluding hydrogens is 332 g/mol. The second-order valence-corrected chi connectivity index (χ2v) is 5.52. The SMILES string of the molecule is C/C=C/c1cc(C(=O)NC(C(N)=O)c2ccccc2)cc(OC)c1OC. The summed E-state index contributed by atoms with van der Waals surface area (Å²) in [4.78, 5) is 24.5. The van der Waals surface area contributed by atoms with Crippen LogP contribution in [0.15, 0.2) is 48.5 Å². The van der Waals surface area contributed by atoms with Crippen molar-refractivity contribution in [3.63, 3.8) is 0 Å². The van der Waals surface area contributed by atoms with Crippen LogP contribution in [0.1, 0.15) is 34.5 Å². The fourth-order valence-corrected chi connectivity index (χ4v) is 2.61. The predicted molar refractivity (Wildman–Crippen MR) is 100 cm³/mol. The van der Waals surface area contributed by atoms with Gasteiger partial charge in [-0.2, -0.15) is 0 Å². The van der Waals surface area contributed by atoms with Crippen LogP contribution in [-0.4, -0.2) is 26.0 Å². The van der Waals surface area contributed by atoms with Gasteiger partial charge in [-0.1, -0.05) is 42.5 Å². The van der Waals surface area contributed by atoms with Crippen LogP contribution < -0.4 is 20.5 Å². The molecule has 136 valence electrons. The molecule has 26 heavy (non-hydrogen) atoms. The van der Waals surface area contributed by atoms with Crippen LogP contribution in [0, 0.1) is 0 Å². The average molecular weight is 354 g/mol. The van der Waals surface area contributed by atoms with Gasteiger partial charge in [-0.15, -0.1) is 0 Å². The first-order valence-corrected chi connectivity index (χ1v) is 8.05. The number of nitrogens with two attached hydrogens (primary N) is 1. The molecule has 0 saturated carbocycles. The van der Waals surface area contributed by atoms with Gasteiger partial charge in [0.15, 0.2) is 11.5 Å². The molecule has 6 nitrogen and oxygen atoms in total. The highest BCUT2D eigenvalue weighted by Crippen LogP contribution is 2.33. The number of ether oxygens (including phenoxy) is 2. The fourth-order valence-electron chi connectivity index (χ4n) is 2.61.